The van der Waals surface area contributed by atoms with Gasteiger partial charge in [-0.1, -0.05) is 12.1 Å². The van der Waals surface area contributed by atoms with E-state index in [1.54, 1.807) is 6.20 Å². The van der Waals surface area contributed by atoms with Crippen LogP contribution in [0.4, 0.5) is 17.6 Å². The first-order chi connectivity index (χ1) is 11.9. The summed E-state index contributed by atoms with van der Waals surface area (Å²) in [5, 5.41) is 5.80. The molecule has 0 saturated carbocycles. The van der Waals surface area contributed by atoms with Crippen LogP contribution < -0.4 is 10.6 Å². The molecule has 0 fully saturated rings. The summed E-state index contributed by atoms with van der Waals surface area (Å²) in [5.74, 6) is -0.567. The third kappa shape index (κ3) is 5.74. The molecular formula is C17H18F4N4. The first kappa shape index (κ1) is 18.7. The van der Waals surface area contributed by atoms with Crippen LogP contribution in [0.3, 0.4) is 0 Å². The predicted molar refractivity (Wildman–Crippen MR) is 87.5 cm³/mol. The minimum Gasteiger partial charge on any atom is -0.356 e. The van der Waals surface area contributed by atoms with Crippen molar-refractivity contribution < 1.29 is 17.6 Å². The molecule has 134 valence electrons. The minimum absolute atomic E-state index is 0.0541. The number of alkyl halides is 3. The van der Waals surface area contributed by atoms with Gasteiger partial charge in [0.2, 0.25) is 0 Å². The number of guanidine groups is 1. The second-order valence-corrected chi connectivity index (χ2v) is 5.22. The van der Waals surface area contributed by atoms with Crippen molar-refractivity contribution in [3.8, 4) is 0 Å². The molecule has 0 unspecified atom stereocenters. The molecule has 2 aromatic rings. The summed E-state index contributed by atoms with van der Waals surface area (Å²) in [5.41, 5.74) is -0.158. The fourth-order valence-electron chi connectivity index (χ4n) is 2.22. The van der Waals surface area contributed by atoms with E-state index in [0.717, 1.165) is 17.8 Å². The van der Waals surface area contributed by atoms with Gasteiger partial charge >= 0.3 is 6.18 Å². The third-order valence-electron chi connectivity index (χ3n) is 3.45. The second kappa shape index (κ2) is 8.46. The van der Waals surface area contributed by atoms with Gasteiger partial charge in [-0.15, -0.1) is 0 Å². The van der Waals surface area contributed by atoms with Crippen LogP contribution in [0.5, 0.6) is 0 Å². The van der Waals surface area contributed by atoms with E-state index in [9.17, 15) is 17.6 Å². The topological polar surface area (TPSA) is 49.3 Å². The number of nitrogens with zero attached hydrogens (tertiary/aromatic N) is 2. The lowest BCUT2D eigenvalue weighted by molar-refractivity contribution is -0.138. The highest BCUT2D eigenvalue weighted by Crippen LogP contribution is 2.32. The Morgan fingerprint density at radius 1 is 1.16 bits per heavy atom. The maximum Gasteiger partial charge on any atom is 0.416 e. The summed E-state index contributed by atoms with van der Waals surface area (Å²) >= 11 is 0. The van der Waals surface area contributed by atoms with Crippen LogP contribution in [0.15, 0.2) is 47.6 Å². The van der Waals surface area contributed by atoms with E-state index in [0.29, 0.717) is 25.0 Å². The largest absolute Gasteiger partial charge is 0.416 e. The fourth-order valence-corrected chi connectivity index (χ4v) is 2.22. The molecule has 0 aliphatic rings. The fraction of sp³-hybridized carbons (Fsp3) is 0.294. The van der Waals surface area contributed by atoms with Crippen molar-refractivity contribution in [2.24, 2.45) is 4.99 Å². The average Bonchev–Trinajstić information content (AvgIpc) is 2.59. The molecule has 0 saturated heterocycles. The Bertz CT molecular complexity index is 714. The summed E-state index contributed by atoms with van der Waals surface area (Å²) in [6, 6.07) is 8.19. The van der Waals surface area contributed by atoms with Crippen molar-refractivity contribution in [3.05, 3.63) is 65.2 Å². The summed E-state index contributed by atoms with van der Waals surface area (Å²) in [4.78, 5) is 8.14. The Morgan fingerprint density at radius 3 is 2.60 bits per heavy atom. The van der Waals surface area contributed by atoms with Gasteiger partial charge in [-0.25, -0.2) is 4.39 Å². The third-order valence-corrected chi connectivity index (χ3v) is 3.45. The molecule has 0 bridgehead atoms. The van der Waals surface area contributed by atoms with Gasteiger partial charge in [0, 0.05) is 38.4 Å². The molecule has 0 radical (unpaired) electrons. The van der Waals surface area contributed by atoms with Gasteiger partial charge < -0.3 is 10.6 Å². The molecule has 1 heterocycles. The highest BCUT2D eigenvalue weighted by Gasteiger charge is 2.33. The predicted octanol–water partition coefficient (Wildman–Crippen LogP) is 3.15. The van der Waals surface area contributed by atoms with Gasteiger partial charge in [0.15, 0.2) is 5.96 Å². The monoisotopic (exact) mass is 354 g/mol. The Hall–Kier alpha value is -2.64. The van der Waals surface area contributed by atoms with E-state index in [1.807, 2.05) is 18.2 Å². The van der Waals surface area contributed by atoms with E-state index >= 15 is 0 Å². The maximum absolute atomic E-state index is 13.1. The lowest BCUT2D eigenvalue weighted by atomic mass is 10.1. The maximum atomic E-state index is 13.1. The molecule has 1 aromatic heterocycles. The SMILES string of the molecule is CN=C(NCCc1ccccn1)NCc1ccc(F)cc1C(F)(F)F. The van der Waals surface area contributed by atoms with Crippen molar-refractivity contribution in [1.29, 1.82) is 0 Å². The minimum atomic E-state index is -4.62. The van der Waals surface area contributed by atoms with Gasteiger partial charge in [-0.05, 0) is 29.8 Å². The summed E-state index contributed by atoms with van der Waals surface area (Å²) < 4.78 is 52.0. The number of benzene rings is 1. The number of hydrogen-bond acceptors (Lipinski definition) is 2. The van der Waals surface area contributed by atoms with Gasteiger partial charge in [-0.2, -0.15) is 13.2 Å². The molecule has 4 nitrogen and oxygen atoms in total. The molecule has 0 aliphatic heterocycles. The molecule has 0 amide bonds. The van der Waals surface area contributed by atoms with E-state index in [4.69, 9.17) is 0 Å². The van der Waals surface area contributed by atoms with Crippen LogP contribution >= 0.6 is 0 Å². The highest BCUT2D eigenvalue weighted by molar-refractivity contribution is 5.79. The number of aromatic nitrogens is 1. The van der Waals surface area contributed by atoms with Crippen molar-refractivity contribution in [2.75, 3.05) is 13.6 Å². The van der Waals surface area contributed by atoms with Gasteiger partial charge in [0.1, 0.15) is 5.82 Å². The van der Waals surface area contributed by atoms with E-state index < -0.39 is 17.6 Å². The zero-order chi connectivity index (χ0) is 18.3. The molecule has 0 atom stereocenters. The Labute approximate surface area is 143 Å². The first-order valence-electron chi connectivity index (χ1n) is 7.60. The standard InChI is InChI=1S/C17H18F4N4/c1-22-16(24-9-7-14-4-2-3-8-23-14)25-11-12-5-6-13(18)10-15(12)17(19,20)21/h2-6,8,10H,7,9,11H2,1H3,(H2,22,24,25). The molecule has 0 aliphatic carbocycles. The van der Waals surface area contributed by atoms with Gasteiger partial charge in [0.05, 0.1) is 5.56 Å². The quantitative estimate of drug-likeness (QED) is 0.493. The Kier molecular flexibility index (Phi) is 6.32. The van der Waals surface area contributed by atoms with Crippen molar-refractivity contribution in [2.45, 2.75) is 19.1 Å². The van der Waals surface area contributed by atoms with Crippen molar-refractivity contribution >= 4 is 5.96 Å². The van der Waals surface area contributed by atoms with E-state index in [1.165, 1.54) is 7.05 Å². The highest BCUT2D eigenvalue weighted by atomic mass is 19.4. The van der Waals surface area contributed by atoms with Crippen LogP contribution in [-0.2, 0) is 19.1 Å². The Balaban J connectivity index is 1.93. The number of aliphatic imine (C=N–C) groups is 1. The molecular weight excluding hydrogens is 336 g/mol. The summed E-state index contributed by atoms with van der Waals surface area (Å²) in [6.45, 7) is 0.393. The van der Waals surface area contributed by atoms with Crippen LogP contribution in [0.2, 0.25) is 0 Å². The number of pyridine rings is 1. The molecule has 1 aromatic carbocycles. The molecule has 0 spiro atoms. The summed E-state index contributed by atoms with van der Waals surface area (Å²) in [7, 11) is 1.52. The lowest BCUT2D eigenvalue weighted by Crippen LogP contribution is -2.38. The smallest absolute Gasteiger partial charge is 0.356 e. The lowest BCUT2D eigenvalue weighted by Gasteiger charge is -2.16. The zero-order valence-corrected chi connectivity index (χ0v) is 13.6. The van der Waals surface area contributed by atoms with E-state index in [2.05, 4.69) is 20.6 Å². The molecule has 2 N–H and O–H groups in total. The molecule has 8 heteroatoms. The molecule has 2 rings (SSSR count). The van der Waals surface area contributed by atoms with Crippen LogP contribution in [0.25, 0.3) is 0 Å². The second-order valence-electron chi connectivity index (χ2n) is 5.22. The van der Waals surface area contributed by atoms with Crippen LogP contribution in [0, 0.1) is 5.82 Å². The van der Waals surface area contributed by atoms with Gasteiger partial charge in [-0.3, -0.25) is 9.98 Å². The Morgan fingerprint density at radius 2 is 1.96 bits per heavy atom. The zero-order valence-electron chi connectivity index (χ0n) is 13.6. The van der Waals surface area contributed by atoms with Crippen molar-refractivity contribution in [3.63, 3.8) is 0 Å². The number of nitrogens with one attached hydrogen (secondary N) is 2. The average molecular weight is 354 g/mol. The van der Waals surface area contributed by atoms with E-state index in [-0.39, 0.29) is 12.1 Å². The number of rotatable bonds is 5. The number of halogens is 4. The van der Waals surface area contributed by atoms with Gasteiger partial charge in [0.25, 0.3) is 0 Å². The number of hydrogen-bond donors (Lipinski definition) is 2. The molecule has 25 heavy (non-hydrogen) atoms. The first-order valence-corrected chi connectivity index (χ1v) is 7.60. The van der Waals surface area contributed by atoms with Crippen LogP contribution in [0.1, 0.15) is 16.8 Å². The van der Waals surface area contributed by atoms with Crippen molar-refractivity contribution in [1.82, 2.24) is 15.6 Å². The summed E-state index contributed by atoms with van der Waals surface area (Å²) in [6.07, 6.45) is -2.28. The van der Waals surface area contributed by atoms with Crippen LogP contribution in [-0.4, -0.2) is 24.5 Å². The normalized spacial score (nSPS) is 12.1.